The van der Waals surface area contributed by atoms with Crippen molar-refractivity contribution in [3.8, 4) is 11.5 Å². The highest BCUT2D eigenvalue weighted by Gasteiger charge is 2.52. The van der Waals surface area contributed by atoms with Crippen LogP contribution in [0.4, 0.5) is 0 Å². The van der Waals surface area contributed by atoms with E-state index < -0.39 is 22.0 Å². The third kappa shape index (κ3) is 6.90. The van der Waals surface area contributed by atoms with Crippen molar-refractivity contribution in [2.75, 3.05) is 13.7 Å². The fraction of sp³-hybridized carbons (Fsp3) is 0.778. The zero-order valence-electron chi connectivity index (χ0n) is 23.4. The van der Waals surface area contributed by atoms with Gasteiger partial charge in [-0.25, -0.2) is 0 Å². The van der Waals surface area contributed by atoms with E-state index in [1.165, 1.54) is 0 Å². The monoisotopic (exact) mass is 572 g/mol. The van der Waals surface area contributed by atoms with Gasteiger partial charge in [0.1, 0.15) is 11.5 Å². The van der Waals surface area contributed by atoms with Gasteiger partial charge in [-0.1, -0.05) is 54.3 Å². The smallest absolute Gasteiger partial charge is 0.250 e. The summed E-state index contributed by atoms with van der Waals surface area (Å²) in [6.45, 7) is 22.9. The Hall–Kier alpha value is -0.346. The van der Waals surface area contributed by atoms with E-state index in [0.29, 0.717) is 6.42 Å². The van der Waals surface area contributed by atoms with Crippen LogP contribution in [0.2, 0.25) is 43.8 Å². The first-order valence-electron chi connectivity index (χ1n) is 12.6. The number of rotatable bonds is 8. The number of ether oxygens (including phenoxy) is 1. The summed E-state index contributed by atoms with van der Waals surface area (Å²) in [6, 6.07) is 4.98. The van der Waals surface area contributed by atoms with E-state index in [1.54, 1.807) is 7.11 Å². The maximum atomic E-state index is 12.2. The van der Waals surface area contributed by atoms with Crippen molar-refractivity contribution in [1.82, 2.24) is 0 Å². The second-order valence-corrected chi connectivity index (χ2v) is 25.1. The van der Waals surface area contributed by atoms with E-state index in [-0.39, 0.29) is 28.9 Å². The fourth-order valence-corrected chi connectivity index (χ4v) is 9.43. The summed E-state index contributed by atoms with van der Waals surface area (Å²) < 4.78 is 13.4. The Morgan fingerprint density at radius 2 is 1.65 bits per heavy atom. The van der Waals surface area contributed by atoms with Gasteiger partial charge < -0.3 is 19.4 Å². The van der Waals surface area contributed by atoms with Crippen LogP contribution in [0.25, 0.3) is 0 Å². The Morgan fingerprint density at radius 1 is 1.06 bits per heavy atom. The van der Waals surface area contributed by atoms with Crippen molar-refractivity contribution < 1.29 is 19.4 Å². The lowest BCUT2D eigenvalue weighted by Gasteiger charge is -2.54. The van der Waals surface area contributed by atoms with Gasteiger partial charge in [0.25, 0.3) is 0 Å². The maximum absolute atomic E-state index is 12.2. The molecule has 0 radical (unpaired) electrons. The lowest BCUT2D eigenvalue weighted by atomic mass is 9.57. The Morgan fingerprint density at radius 3 is 2.12 bits per heavy atom. The molecule has 2 rings (SSSR count). The molecule has 1 aliphatic rings. The SMILES string of the molecule is COc1cc(CC2C(C)(C)CC(CO)CC2(O)C[Si](C)(C)C)c(O[Si](C)(C)C(C)(C)C)cc1Br. The molecule has 0 spiro atoms. The van der Waals surface area contributed by atoms with Crippen LogP contribution in [-0.4, -0.2) is 45.9 Å². The van der Waals surface area contributed by atoms with Crippen LogP contribution in [0.5, 0.6) is 11.5 Å². The molecule has 2 N–H and O–H groups in total. The summed E-state index contributed by atoms with van der Waals surface area (Å²) in [5, 5.41) is 22.4. The lowest BCUT2D eigenvalue weighted by molar-refractivity contribution is -0.116. The van der Waals surface area contributed by atoms with Crippen LogP contribution >= 0.6 is 15.9 Å². The Bertz CT molecular complexity index is 857. The number of benzene rings is 1. The highest BCUT2D eigenvalue weighted by molar-refractivity contribution is 9.10. The van der Waals surface area contributed by atoms with Gasteiger partial charge in [0.15, 0.2) is 0 Å². The van der Waals surface area contributed by atoms with Gasteiger partial charge in [-0.2, -0.15) is 0 Å². The van der Waals surface area contributed by atoms with Crippen molar-refractivity contribution in [1.29, 1.82) is 0 Å². The van der Waals surface area contributed by atoms with E-state index >= 15 is 0 Å². The van der Waals surface area contributed by atoms with Crippen molar-refractivity contribution in [3.63, 3.8) is 0 Å². The first-order chi connectivity index (χ1) is 15.2. The predicted octanol–water partition coefficient (Wildman–Crippen LogP) is 7.50. The minimum absolute atomic E-state index is 0.0576. The van der Waals surface area contributed by atoms with Crippen molar-refractivity contribution in [3.05, 3.63) is 22.2 Å². The lowest BCUT2D eigenvalue weighted by Crippen LogP contribution is -2.55. The largest absolute Gasteiger partial charge is 0.543 e. The molecule has 1 aromatic carbocycles. The summed E-state index contributed by atoms with van der Waals surface area (Å²) >= 11 is 3.67. The van der Waals surface area contributed by atoms with Gasteiger partial charge in [-0.15, -0.1) is 0 Å². The van der Waals surface area contributed by atoms with Crippen molar-refractivity contribution >= 4 is 32.3 Å². The van der Waals surface area contributed by atoms with Gasteiger partial charge in [-0.05, 0) is 94.3 Å². The molecule has 4 nitrogen and oxygen atoms in total. The highest BCUT2D eigenvalue weighted by Crippen LogP contribution is 2.54. The van der Waals surface area contributed by atoms with Crippen LogP contribution < -0.4 is 9.16 Å². The number of methoxy groups -OCH3 is 1. The summed E-state index contributed by atoms with van der Waals surface area (Å²) in [6.07, 6.45) is 2.29. The molecule has 0 bridgehead atoms. The molecule has 0 aliphatic heterocycles. The average Bonchev–Trinajstić information content (AvgIpc) is 2.62. The molecule has 1 aliphatic carbocycles. The molecule has 7 heteroatoms. The van der Waals surface area contributed by atoms with Gasteiger partial charge in [0.05, 0.1) is 17.2 Å². The predicted molar refractivity (Wildman–Crippen MR) is 152 cm³/mol. The molecule has 1 saturated carbocycles. The first-order valence-corrected chi connectivity index (χ1v) is 20.0. The number of hydrogen-bond acceptors (Lipinski definition) is 4. The molecule has 1 fully saturated rings. The zero-order valence-corrected chi connectivity index (χ0v) is 27.0. The Kier molecular flexibility index (Phi) is 8.96. The van der Waals surface area contributed by atoms with Crippen LogP contribution in [0.3, 0.4) is 0 Å². The van der Waals surface area contributed by atoms with E-state index in [4.69, 9.17) is 9.16 Å². The quantitative estimate of drug-likeness (QED) is 0.316. The Labute approximate surface area is 219 Å². The maximum Gasteiger partial charge on any atom is 0.250 e. The van der Waals surface area contributed by atoms with Crippen LogP contribution in [0, 0.1) is 17.3 Å². The molecule has 0 amide bonds. The molecule has 0 saturated heterocycles. The summed E-state index contributed by atoms with van der Waals surface area (Å²) in [4.78, 5) is 0. The molecule has 3 unspecified atom stereocenters. The van der Waals surface area contributed by atoms with Gasteiger partial charge >= 0.3 is 0 Å². The fourth-order valence-electron chi connectivity index (χ4n) is 5.67. The third-order valence-electron chi connectivity index (χ3n) is 8.07. The van der Waals surface area contributed by atoms with Crippen molar-refractivity contribution in [2.24, 2.45) is 17.3 Å². The second kappa shape index (κ2) is 10.2. The van der Waals surface area contributed by atoms with Crippen LogP contribution in [0.1, 0.15) is 53.0 Å². The molecule has 34 heavy (non-hydrogen) atoms. The summed E-state index contributed by atoms with van der Waals surface area (Å²) in [7, 11) is -1.95. The number of hydrogen-bond donors (Lipinski definition) is 2. The van der Waals surface area contributed by atoms with Crippen LogP contribution in [-0.2, 0) is 6.42 Å². The third-order valence-corrected chi connectivity index (χ3v) is 14.7. The molecule has 1 aromatic rings. The molecule has 196 valence electrons. The average molecular weight is 574 g/mol. The standard InChI is InChI=1S/C27H49BrO4Si2/c1-25(2,3)34(10,11)32-22-14-21(28)23(31-6)12-20(22)13-24-26(4,5)15-19(17-29)16-27(24,30)18-33(7,8)9/h12,14,19,24,29-30H,13,15-18H2,1-11H3. The van der Waals surface area contributed by atoms with Gasteiger partial charge in [-0.3, -0.25) is 0 Å². The number of halogens is 1. The van der Waals surface area contributed by atoms with Crippen LogP contribution in [0.15, 0.2) is 16.6 Å². The molecular formula is C27H49BrO4Si2. The zero-order chi connectivity index (χ0) is 26.3. The molecule has 0 aromatic heterocycles. The van der Waals surface area contributed by atoms with E-state index in [2.05, 4.69) is 95.4 Å². The van der Waals surface area contributed by atoms with E-state index in [9.17, 15) is 10.2 Å². The topological polar surface area (TPSA) is 58.9 Å². The second-order valence-electron chi connectivity index (χ2n) is 14.0. The normalized spacial score (nSPS) is 25.8. The Balaban J connectivity index is 2.60. The molecule has 3 atom stereocenters. The number of aliphatic hydroxyl groups excluding tert-OH is 1. The minimum Gasteiger partial charge on any atom is -0.543 e. The highest BCUT2D eigenvalue weighted by atomic mass is 79.9. The molecule has 0 heterocycles. The number of aliphatic hydroxyl groups is 2. The molecular weight excluding hydrogens is 524 g/mol. The first kappa shape index (κ1) is 29.9. The van der Waals surface area contributed by atoms with E-state index in [0.717, 1.165) is 40.4 Å². The van der Waals surface area contributed by atoms with Gasteiger partial charge in [0, 0.05) is 14.7 Å². The van der Waals surface area contributed by atoms with Gasteiger partial charge in [0.2, 0.25) is 8.32 Å². The van der Waals surface area contributed by atoms with Crippen molar-refractivity contribution in [2.45, 2.75) is 103 Å². The summed E-state index contributed by atoms with van der Waals surface area (Å²) in [5.41, 5.74) is 0.169. The van der Waals surface area contributed by atoms with E-state index in [1.807, 2.05) is 0 Å². The minimum atomic E-state index is -2.07. The summed E-state index contributed by atoms with van der Waals surface area (Å²) in [5.74, 6) is 1.88.